The number of aromatic nitrogens is 1. The summed E-state index contributed by atoms with van der Waals surface area (Å²) in [7, 11) is 0. The van der Waals surface area contributed by atoms with Gasteiger partial charge in [0.05, 0.1) is 5.69 Å². The Labute approximate surface area is 127 Å². The summed E-state index contributed by atoms with van der Waals surface area (Å²) in [5.41, 5.74) is 7.55. The van der Waals surface area contributed by atoms with Gasteiger partial charge in [-0.1, -0.05) is 0 Å². The summed E-state index contributed by atoms with van der Waals surface area (Å²) in [5.74, 6) is 0.401. The summed E-state index contributed by atoms with van der Waals surface area (Å²) in [4.78, 5) is 18.1. The van der Waals surface area contributed by atoms with Crippen LogP contribution in [0.15, 0.2) is 12.1 Å². The van der Waals surface area contributed by atoms with E-state index in [-0.39, 0.29) is 5.91 Å². The van der Waals surface area contributed by atoms with Gasteiger partial charge in [0.1, 0.15) is 9.71 Å². The summed E-state index contributed by atoms with van der Waals surface area (Å²) in [6, 6.07) is 3.84. The third kappa shape index (κ3) is 3.01. The maximum Gasteiger partial charge on any atom is 0.263 e. The van der Waals surface area contributed by atoms with E-state index in [0.29, 0.717) is 23.0 Å². The second-order valence-corrected chi connectivity index (χ2v) is 6.42. The van der Waals surface area contributed by atoms with Gasteiger partial charge in [0.2, 0.25) is 0 Å². The lowest BCUT2D eigenvalue weighted by Crippen LogP contribution is -2.32. The van der Waals surface area contributed by atoms with E-state index >= 15 is 0 Å². The smallest absolute Gasteiger partial charge is 0.263 e. The Kier molecular flexibility index (Phi) is 4.07. The number of ether oxygens (including phenoxy) is 1. The van der Waals surface area contributed by atoms with Crippen molar-refractivity contribution in [1.29, 1.82) is 0 Å². The van der Waals surface area contributed by atoms with E-state index in [4.69, 9.17) is 10.5 Å². The number of carbonyl (C=O) groups excluding carboxylic acids is 1. The number of carbonyl (C=O) groups is 1. The van der Waals surface area contributed by atoms with Gasteiger partial charge in [0, 0.05) is 30.8 Å². The minimum absolute atomic E-state index is 0.0976. The molecule has 0 aromatic carbocycles. The first-order chi connectivity index (χ1) is 10.1. The lowest BCUT2D eigenvalue weighted by atomic mass is 10.0. The first-order valence-electron chi connectivity index (χ1n) is 7.16. The van der Waals surface area contributed by atoms with Crippen LogP contribution in [0.4, 0.5) is 5.69 Å². The maximum atomic E-state index is 12.3. The van der Waals surface area contributed by atoms with Gasteiger partial charge < -0.3 is 15.8 Å². The molecule has 1 saturated heterocycles. The quantitative estimate of drug-likeness (QED) is 0.912. The number of thiophene rings is 1. The van der Waals surface area contributed by atoms with Crippen molar-refractivity contribution in [2.75, 3.05) is 25.5 Å². The highest BCUT2D eigenvalue weighted by Crippen LogP contribution is 2.32. The van der Waals surface area contributed by atoms with Crippen LogP contribution < -0.4 is 11.1 Å². The summed E-state index contributed by atoms with van der Waals surface area (Å²) in [5, 5.41) is 3.86. The largest absolute Gasteiger partial charge is 0.397 e. The third-order valence-electron chi connectivity index (χ3n) is 3.83. The fourth-order valence-electron chi connectivity index (χ4n) is 2.53. The number of amides is 1. The van der Waals surface area contributed by atoms with Crippen molar-refractivity contribution in [1.82, 2.24) is 10.3 Å². The number of nitrogens with one attached hydrogen (secondary N) is 1. The molecule has 0 aliphatic carbocycles. The van der Waals surface area contributed by atoms with Crippen LogP contribution >= 0.6 is 11.3 Å². The number of rotatable bonds is 3. The fraction of sp³-hybridized carbons (Fsp3) is 0.467. The van der Waals surface area contributed by atoms with Crippen LogP contribution in [0.3, 0.4) is 0 Å². The highest BCUT2D eigenvalue weighted by molar-refractivity contribution is 7.21. The number of nitrogens with two attached hydrogens (primary N) is 1. The van der Waals surface area contributed by atoms with Crippen molar-refractivity contribution in [2.24, 2.45) is 5.92 Å². The molecule has 0 radical (unpaired) electrons. The monoisotopic (exact) mass is 305 g/mol. The average molecular weight is 305 g/mol. The standard InChI is InChI=1S/C15H19N3O2S/c1-9-2-3-11-12(16)13(21-15(11)18-9)14(19)17-8-10-4-6-20-7-5-10/h2-3,10H,4-8,16H2,1H3,(H,17,19). The molecule has 0 atom stereocenters. The van der Waals surface area contributed by atoms with Crippen molar-refractivity contribution in [3.63, 3.8) is 0 Å². The van der Waals surface area contributed by atoms with Crippen molar-refractivity contribution >= 4 is 33.1 Å². The molecule has 0 saturated carbocycles. The van der Waals surface area contributed by atoms with E-state index in [1.165, 1.54) is 11.3 Å². The molecule has 0 bridgehead atoms. The Bertz CT molecular complexity index is 662. The molecule has 1 fully saturated rings. The van der Waals surface area contributed by atoms with Crippen molar-refractivity contribution in [3.8, 4) is 0 Å². The van der Waals surface area contributed by atoms with Gasteiger partial charge in [-0.15, -0.1) is 11.3 Å². The van der Waals surface area contributed by atoms with Gasteiger partial charge in [-0.3, -0.25) is 4.79 Å². The first-order valence-corrected chi connectivity index (χ1v) is 7.98. The zero-order valence-electron chi connectivity index (χ0n) is 12.0. The van der Waals surface area contributed by atoms with Crippen LogP contribution in [0, 0.1) is 12.8 Å². The Hall–Kier alpha value is -1.66. The predicted octanol–water partition coefficient (Wildman–Crippen LogP) is 2.34. The van der Waals surface area contributed by atoms with Gasteiger partial charge in [-0.2, -0.15) is 0 Å². The number of nitrogen functional groups attached to an aromatic ring is 1. The summed E-state index contributed by atoms with van der Waals surface area (Å²) >= 11 is 1.36. The Morgan fingerprint density at radius 2 is 2.24 bits per heavy atom. The summed E-state index contributed by atoms with van der Waals surface area (Å²) in [6.45, 7) is 4.19. The van der Waals surface area contributed by atoms with Crippen LogP contribution in [-0.2, 0) is 4.74 Å². The lowest BCUT2D eigenvalue weighted by Gasteiger charge is -2.22. The van der Waals surface area contributed by atoms with Gasteiger partial charge in [0.15, 0.2) is 0 Å². The van der Waals surface area contributed by atoms with Crippen LogP contribution in [0.2, 0.25) is 0 Å². The van der Waals surface area contributed by atoms with Gasteiger partial charge in [-0.05, 0) is 37.8 Å². The van der Waals surface area contributed by atoms with Crippen LogP contribution in [-0.4, -0.2) is 30.6 Å². The second kappa shape index (κ2) is 5.99. The molecule has 0 spiro atoms. The van der Waals surface area contributed by atoms with E-state index in [1.807, 2.05) is 19.1 Å². The predicted molar refractivity (Wildman–Crippen MR) is 84.6 cm³/mol. The molecule has 1 aliphatic heterocycles. The lowest BCUT2D eigenvalue weighted by molar-refractivity contribution is 0.0643. The molecule has 2 aromatic rings. The molecule has 1 aliphatic rings. The zero-order valence-corrected chi connectivity index (χ0v) is 12.8. The first kappa shape index (κ1) is 14.3. The van der Waals surface area contributed by atoms with E-state index in [2.05, 4.69) is 10.3 Å². The molecular weight excluding hydrogens is 286 g/mol. The topological polar surface area (TPSA) is 77.2 Å². The van der Waals surface area contributed by atoms with Gasteiger partial charge in [-0.25, -0.2) is 4.98 Å². The highest BCUT2D eigenvalue weighted by atomic mass is 32.1. The van der Waals surface area contributed by atoms with Crippen LogP contribution in [0.5, 0.6) is 0 Å². The summed E-state index contributed by atoms with van der Waals surface area (Å²) in [6.07, 6.45) is 2.01. The number of hydrogen-bond donors (Lipinski definition) is 2. The molecule has 5 nitrogen and oxygen atoms in total. The zero-order chi connectivity index (χ0) is 14.8. The molecule has 2 aromatic heterocycles. The van der Waals surface area contributed by atoms with E-state index in [1.54, 1.807) is 0 Å². The molecule has 3 rings (SSSR count). The van der Waals surface area contributed by atoms with E-state index in [0.717, 1.165) is 42.0 Å². The van der Waals surface area contributed by atoms with Crippen molar-refractivity contribution < 1.29 is 9.53 Å². The van der Waals surface area contributed by atoms with Crippen LogP contribution in [0.1, 0.15) is 28.2 Å². The Morgan fingerprint density at radius 1 is 1.48 bits per heavy atom. The van der Waals surface area contributed by atoms with Crippen molar-refractivity contribution in [3.05, 3.63) is 22.7 Å². The highest BCUT2D eigenvalue weighted by Gasteiger charge is 2.19. The maximum absolute atomic E-state index is 12.3. The fourth-order valence-corrected chi connectivity index (χ4v) is 3.58. The number of nitrogens with zero attached hydrogens (tertiary/aromatic N) is 1. The molecular formula is C15H19N3O2S. The average Bonchev–Trinajstić information content (AvgIpc) is 2.82. The molecule has 6 heteroatoms. The Morgan fingerprint density at radius 3 is 3.00 bits per heavy atom. The summed E-state index contributed by atoms with van der Waals surface area (Å²) < 4.78 is 5.32. The van der Waals surface area contributed by atoms with Crippen molar-refractivity contribution in [2.45, 2.75) is 19.8 Å². The molecule has 3 N–H and O–H groups in total. The SMILES string of the molecule is Cc1ccc2c(N)c(C(=O)NCC3CCOCC3)sc2n1. The molecule has 112 valence electrons. The number of pyridine rings is 1. The van der Waals surface area contributed by atoms with Crippen LogP contribution in [0.25, 0.3) is 10.2 Å². The number of fused-ring (bicyclic) bond motifs is 1. The molecule has 0 unspecified atom stereocenters. The van der Waals surface area contributed by atoms with Gasteiger partial charge in [0.25, 0.3) is 5.91 Å². The second-order valence-electron chi connectivity index (χ2n) is 5.42. The third-order valence-corrected chi connectivity index (χ3v) is 4.95. The van der Waals surface area contributed by atoms with Gasteiger partial charge >= 0.3 is 0 Å². The minimum Gasteiger partial charge on any atom is -0.397 e. The Balaban J connectivity index is 1.73. The minimum atomic E-state index is -0.0976. The normalized spacial score (nSPS) is 16.2. The molecule has 1 amide bonds. The van der Waals surface area contributed by atoms with E-state index in [9.17, 15) is 4.79 Å². The molecule has 3 heterocycles. The number of anilines is 1. The molecule has 21 heavy (non-hydrogen) atoms. The van der Waals surface area contributed by atoms with E-state index < -0.39 is 0 Å². The number of aryl methyl sites for hydroxylation is 1. The number of hydrogen-bond acceptors (Lipinski definition) is 5.